The number of aromatic nitrogens is 1. The number of aliphatic hydroxyl groups excluding tert-OH is 1. The molecule has 0 aliphatic heterocycles. The molecule has 0 aliphatic rings. The van der Waals surface area contributed by atoms with E-state index in [0.29, 0.717) is 0 Å². The van der Waals surface area contributed by atoms with Crippen LogP contribution in [0.15, 0.2) is 54.7 Å². The van der Waals surface area contributed by atoms with Crippen molar-refractivity contribution < 1.29 is 9.84 Å². The molecule has 0 radical (unpaired) electrons. The van der Waals surface area contributed by atoms with Gasteiger partial charge in [0.15, 0.2) is 0 Å². The number of nitrogens with one attached hydrogen (secondary N) is 1. The molecule has 2 aromatic carbocycles. The lowest BCUT2D eigenvalue weighted by molar-refractivity contribution is 0.216. The predicted octanol–water partition coefficient (Wildman–Crippen LogP) is 4.04. The zero-order chi connectivity index (χ0) is 14.8. The SMILES string of the molecule is CC(C)Oc1cccc(C(O)c2ccc3[nH]ccc3c2)c1. The minimum Gasteiger partial charge on any atom is -0.491 e. The Labute approximate surface area is 124 Å². The topological polar surface area (TPSA) is 45.2 Å². The molecule has 1 atom stereocenters. The molecule has 1 unspecified atom stereocenters. The van der Waals surface area contributed by atoms with Gasteiger partial charge in [-0.15, -0.1) is 0 Å². The zero-order valence-electron chi connectivity index (χ0n) is 12.2. The Morgan fingerprint density at radius 3 is 2.62 bits per heavy atom. The van der Waals surface area contributed by atoms with Crippen molar-refractivity contribution in [2.24, 2.45) is 0 Å². The van der Waals surface area contributed by atoms with Crippen LogP contribution in [-0.2, 0) is 0 Å². The fraction of sp³-hybridized carbons (Fsp3) is 0.222. The largest absolute Gasteiger partial charge is 0.491 e. The molecule has 1 aromatic heterocycles. The van der Waals surface area contributed by atoms with Crippen LogP contribution in [0.25, 0.3) is 10.9 Å². The highest BCUT2D eigenvalue weighted by Crippen LogP contribution is 2.27. The summed E-state index contributed by atoms with van der Waals surface area (Å²) in [6.07, 6.45) is 1.37. The first-order valence-electron chi connectivity index (χ1n) is 7.15. The summed E-state index contributed by atoms with van der Waals surface area (Å²) >= 11 is 0. The Kier molecular flexibility index (Phi) is 3.67. The number of fused-ring (bicyclic) bond motifs is 1. The molecule has 108 valence electrons. The molecule has 0 saturated carbocycles. The summed E-state index contributed by atoms with van der Waals surface area (Å²) in [5.74, 6) is 0.782. The van der Waals surface area contributed by atoms with Gasteiger partial charge in [0.05, 0.1) is 6.10 Å². The number of hydrogen-bond acceptors (Lipinski definition) is 2. The van der Waals surface area contributed by atoms with Gasteiger partial charge in [-0.2, -0.15) is 0 Å². The van der Waals surface area contributed by atoms with Crippen LogP contribution >= 0.6 is 0 Å². The molecule has 0 bridgehead atoms. The van der Waals surface area contributed by atoms with Crippen LogP contribution in [0.5, 0.6) is 5.75 Å². The van der Waals surface area contributed by atoms with E-state index >= 15 is 0 Å². The van der Waals surface area contributed by atoms with Gasteiger partial charge in [0, 0.05) is 11.7 Å². The lowest BCUT2D eigenvalue weighted by Gasteiger charge is -2.15. The molecule has 2 N–H and O–H groups in total. The molecule has 1 heterocycles. The maximum atomic E-state index is 10.6. The van der Waals surface area contributed by atoms with Crippen LogP contribution in [0.3, 0.4) is 0 Å². The highest BCUT2D eigenvalue weighted by Gasteiger charge is 2.12. The van der Waals surface area contributed by atoms with E-state index in [2.05, 4.69) is 4.98 Å². The van der Waals surface area contributed by atoms with Gasteiger partial charge in [-0.25, -0.2) is 0 Å². The molecule has 3 heteroatoms. The van der Waals surface area contributed by atoms with Crippen LogP contribution in [0, 0.1) is 0 Å². The second kappa shape index (κ2) is 5.62. The first-order valence-corrected chi connectivity index (χ1v) is 7.15. The van der Waals surface area contributed by atoms with Crippen LogP contribution in [-0.4, -0.2) is 16.2 Å². The van der Waals surface area contributed by atoms with E-state index in [0.717, 1.165) is 27.8 Å². The van der Waals surface area contributed by atoms with Gasteiger partial charge in [-0.3, -0.25) is 0 Å². The lowest BCUT2D eigenvalue weighted by atomic mass is 10.0. The van der Waals surface area contributed by atoms with E-state index in [1.807, 2.05) is 68.6 Å². The highest BCUT2D eigenvalue weighted by molar-refractivity contribution is 5.80. The Bertz CT molecular complexity index is 746. The van der Waals surface area contributed by atoms with Crippen molar-refractivity contribution in [3.63, 3.8) is 0 Å². The average Bonchev–Trinajstić information content (AvgIpc) is 2.93. The minimum absolute atomic E-state index is 0.119. The quantitative estimate of drug-likeness (QED) is 0.758. The van der Waals surface area contributed by atoms with Gasteiger partial charge in [0.25, 0.3) is 0 Å². The van der Waals surface area contributed by atoms with E-state index in [4.69, 9.17) is 4.74 Å². The first kappa shape index (κ1) is 13.7. The molecule has 3 rings (SSSR count). The molecule has 0 fully saturated rings. The van der Waals surface area contributed by atoms with Crippen molar-refractivity contribution in [1.82, 2.24) is 4.98 Å². The van der Waals surface area contributed by atoms with Crippen molar-refractivity contribution >= 4 is 10.9 Å². The third-order valence-corrected chi connectivity index (χ3v) is 3.44. The van der Waals surface area contributed by atoms with Crippen molar-refractivity contribution in [3.8, 4) is 5.75 Å². The number of hydrogen-bond donors (Lipinski definition) is 2. The Morgan fingerprint density at radius 2 is 1.81 bits per heavy atom. The third-order valence-electron chi connectivity index (χ3n) is 3.44. The number of aliphatic hydroxyl groups is 1. The van der Waals surface area contributed by atoms with Crippen molar-refractivity contribution in [2.45, 2.75) is 26.1 Å². The van der Waals surface area contributed by atoms with E-state index in [-0.39, 0.29) is 6.10 Å². The predicted molar refractivity (Wildman–Crippen MR) is 84.6 cm³/mol. The smallest absolute Gasteiger partial charge is 0.120 e. The van der Waals surface area contributed by atoms with Crippen LogP contribution in [0.4, 0.5) is 0 Å². The fourth-order valence-corrected chi connectivity index (χ4v) is 2.46. The minimum atomic E-state index is -0.653. The summed E-state index contributed by atoms with van der Waals surface area (Å²) in [4.78, 5) is 3.15. The molecule has 0 amide bonds. The molecular weight excluding hydrogens is 262 g/mol. The number of H-pyrrole nitrogens is 1. The van der Waals surface area contributed by atoms with E-state index in [1.165, 1.54) is 0 Å². The summed E-state index contributed by atoms with van der Waals surface area (Å²) in [5, 5.41) is 11.7. The Hall–Kier alpha value is -2.26. The molecule has 21 heavy (non-hydrogen) atoms. The molecule has 3 aromatic rings. The highest BCUT2D eigenvalue weighted by atomic mass is 16.5. The molecule has 0 spiro atoms. The number of rotatable bonds is 4. The second-order valence-corrected chi connectivity index (χ2v) is 5.47. The maximum Gasteiger partial charge on any atom is 0.120 e. The monoisotopic (exact) mass is 281 g/mol. The van der Waals surface area contributed by atoms with Crippen molar-refractivity contribution in [2.75, 3.05) is 0 Å². The average molecular weight is 281 g/mol. The molecular formula is C18H19NO2. The first-order chi connectivity index (χ1) is 10.1. The maximum absolute atomic E-state index is 10.6. The van der Waals surface area contributed by atoms with Gasteiger partial charge in [0.2, 0.25) is 0 Å². The number of ether oxygens (including phenoxy) is 1. The van der Waals surface area contributed by atoms with Crippen molar-refractivity contribution in [1.29, 1.82) is 0 Å². The van der Waals surface area contributed by atoms with Gasteiger partial charge < -0.3 is 14.8 Å². The lowest BCUT2D eigenvalue weighted by Crippen LogP contribution is -2.06. The number of aromatic amines is 1. The van der Waals surface area contributed by atoms with Crippen molar-refractivity contribution in [3.05, 3.63) is 65.9 Å². The fourth-order valence-electron chi connectivity index (χ4n) is 2.46. The normalized spacial score (nSPS) is 12.8. The van der Waals surface area contributed by atoms with E-state index in [1.54, 1.807) is 0 Å². The summed E-state index contributed by atoms with van der Waals surface area (Å²) in [6, 6.07) is 15.6. The number of benzene rings is 2. The van der Waals surface area contributed by atoms with Crippen LogP contribution < -0.4 is 4.74 Å². The molecule has 3 nitrogen and oxygen atoms in total. The van der Waals surface area contributed by atoms with Gasteiger partial charge in [-0.05, 0) is 60.7 Å². The zero-order valence-corrected chi connectivity index (χ0v) is 12.2. The van der Waals surface area contributed by atoms with Crippen LogP contribution in [0.2, 0.25) is 0 Å². The Balaban J connectivity index is 1.91. The van der Waals surface area contributed by atoms with E-state index in [9.17, 15) is 5.11 Å². The van der Waals surface area contributed by atoms with Gasteiger partial charge in [0.1, 0.15) is 11.9 Å². The Morgan fingerprint density at radius 1 is 1.00 bits per heavy atom. The summed E-state index contributed by atoms with van der Waals surface area (Å²) in [6.45, 7) is 3.98. The molecule has 0 aliphatic carbocycles. The van der Waals surface area contributed by atoms with Crippen LogP contribution in [0.1, 0.15) is 31.1 Å². The second-order valence-electron chi connectivity index (χ2n) is 5.47. The van der Waals surface area contributed by atoms with Gasteiger partial charge in [-0.1, -0.05) is 18.2 Å². The summed E-state index contributed by atoms with van der Waals surface area (Å²) in [7, 11) is 0. The standard InChI is InChI=1S/C18H19NO2/c1-12(2)21-16-5-3-4-14(11-16)18(20)15-6-7-17-13(10-15)8-9-19-17/h3-12,18-20H,1-2H3. The third kappa shape index (κ3) is 2.93. The molecule has 0 saturated heterocycles. The summed E-state index contributed by atoms with van der Waals surface area (Å²) in [5.41, 5.74) is 2.79. The summed E-state index contributed by atoms with van der Waals surface area (Å²) < 4.78 is 5.68. The van der Waals surface area contributed by atoms with E-state index < -0.39 is 6.10 Å². The van der Waals surface area contributed by atoms with Gasteiger partial charge >= 0.3 is 0 Å².